The van der Waals surface area contributed by atoms with Crippen LogP contribution >= 0.6 is 0 Å². The molecule has 1 heterocycles. The summed E-state index contributed by atoms with van der Waals surface area (Å²) < 4.78 is 28.1. The molecule has 2 aromatic rings. The van der Waals surface area contributed by atoms with Crippen LogP contribution in [0.2, 0.25) is 0 Å². The maximum Gasteiger partial charge on any atom is 0.241 e. The van der Waals surface area contributed by atoms with Crippen molar-refractivity contribution in [3.63, 3.8) is 0 Å². The topological polar surface area (TPSA) is 52.7 Å². The highest BCUT2D eigenvalue weighted by Gasteiger charge is 2.27. The third-order valence-corrected chi connectivity index (χ3v) is 5.07. The van der Waals surface area contributed by atoms with Crippen molar-refractivity contribution in [3.8, 4) is 0 Å². The zero-order valence-corrected chi connectivity index (χ0v) is 15.9. The SMILES string of the molecule is CC(=O)c1ccc(N2CCN(C(C)C(=O)Nc3ccccc3F)CC2)c(F)c1. The van der Waals surface area contributed by atoms with E-state index in [0.29, 0.717) is 37.4 Å². The maximum atomic E-state index is 14.4. The Balaban J connectivity index is 1.59. The fourth-order valence-electron chi connectivity index (χ4n) is 3.30. The highest BCUT2D eigenvalue weighted by Crippen LogP contribution is 2.23. The second kappa shape index (κ2) is 8.48. The van der Waals surface area contributed by atoms with Gasteiger partial charge in [0.2, 0.25) is 5.91 Å². The minimum atomic E-state index is -0.475. The highest BCUT2D eigenvalue weighted by atomic mass is 19.1. The molecule has 1 unspecified atom stereocenters. The molecular weight excluding hydrogens is 364 g/mol. The van der Waals surface area contributed by atoms with Crippen LogP contribution in [0.1, 0.15) is 24.2 Å². The van der Waals surface area contributed by atoms with Crippen LogP contribution in [0.15, 0.2) is 42.5 Å². The van der Waals surface area contributed by atoms with E-state index >= 15 is 0 Å². The van der Waals surface area contributed by atoms with Gasteiger partial charge in [-0.15, -0.1) is 0 Å². The van der Waals surface area contributed by atoms with Gasteiger partial charge in [-0.3, -0.25) is 14.5 Å². The summed E-state index contributed by atoms with van der Waals surface area (Å²) in [6, 6.07) is 10.1. The predicted octanol–water partition coefficient (Wildman–Crippen LogP) is 3.32. The first-order valence-electron chi connectivity index (χ1n) is 9.21. The third kappa shape index (κ3) is 4.36. The van der Waals surface area contributed by atoms with E-state index in [0.717, 1.165) is 0 Å². The smallest absolute Gasteiger partial charge is 0.241 e. The van der Waals surface area contributed by atoms with Gasteiger partial charge in [0.1, 0.15) is 11.6 Å². The zero-order chi connectivity index (χ0) is 20.3. The van der Waals surface area contributed by atoms with E-state index in [1.165, 1.54) is 25.1 Å². The van der Waals surface area contributed by atoms with Crippen LogP contribution in [0.25, 0.3) is 0 Å². The minimum absolute atomic E-state index is 0.158. The fraction of sp³-hybridized carbons (Fsp3) is 0.333. The van der Waals surface area contributed by atoms with Gasteiger partial charge < -0.3 is 10.2 Å². The lowest BCUT2D eigenvalue weighted by molar-refractivity contribution is -0.120. The first-order valence-corrected chi connectivity index (χ1v) is 9.21. The van der Waals surface area contributed by atoms with Gasteiger partial charge in [0, 0.05) is 31.7 Å². The number of rotatable bonds is 5. The second-order valence-corrected chi connectivity index (χ2v) is 6.89. The number of hydrogen-bond donors (Lipinski definition) is 1. The van der Waals surface area contributed by atoms with E-state index in [1.807, 2.05) is 9.80 Å². The Bertz CT molecular complexity index is 880. The van der Waals surface area contributed by atoms with Crippen molar-refractivity contribution in [2.24, 2.45) is 0 Å². The van der Waals surface area contributed by atoms with Gasteiger partial charge in [-0.2, -0.15) is 0 Å². The van der Waals surface area contributed by atoms with Gasteiger partial charge in [0.25, 0.3) is 0 Å². The molecule has 2 aromatic carbocycles. The highest BCUT2D eigenvalue weighted by molar-refractivity contribution is 5.95. The van der Waals surface area contributed by atoms with E-state index in [1.54, 1.807) is 31.2 Å². The van der Waals surface area contributed by atoms with Gasteiger partial charge in [0.15, 0.2) is 5.78 Å². The summed E-state index contributed by atoms with van der Waals surface area (Å²) in [6.45, 7) is 5.41. The fourth-order valence-corrected chi connectivity index (χ4v) is 3.30. The largest absolute Gasteiger partial charge is 0.367 e. The Kier molecular flexibility index (Phi) is 6.04. The Morgan fingerprint density at radius 1 is 1.00 bits per heavy atom. The Morgan fingerprint density at radius 3 is 2.29 bits per heavy atom. The normalized spacial score (nSPS) is 15.9. The molecule has 5 nitrogen and oxygen atoms in total. The molecule has 0 aliphatic carbocycles. The van der Waals surface area contributed by atoms with Gasteiger partial charge in [-0.25, -0.2) is 8.78 Å². The lowest BCUT2D eigenvalue weighted by Gasteiger charge is -2.38. The van der Waals surface area contributed by atoms with Gasteiger partial charge in [-0.1, -0.05) is 12.1 Å². The van der Waals surface area contributed by atoms with Crippen LogP contribution in [0.5, 0.6) is 0 Å². The molecule has 1 saturated heterocycles. The van der Waals surface area contributed by atoms with E-state index in [-0.39, 0.29) is 17.4 Å². The molecule has 1 N–H and O–H groups in total. The second-order valence-electron chi connectivity index (χ2n) is 6.89. The van der Waals surface area contributed by atoms with Crippen molar-refractivity contribution in [1.82, 2.24) is 4.90 Å². The molecule has 1 amide bonds. The number of amides is 1. The van der Waals surface area contributed by atoms with Crippen LogP contribution in [-0.4, -0.2) is 48.8 Å². The molecule has 0 radical (unpaired) electrons. The number of carbonyl (C=O) groups is 2. The van der Waals surface area contributed by atoms with E-state index < -0.39 is 17.7 Å². The Labute approximate surface area is 162 Å². The van der Waals surface area contributed by atoms with Crippen molar-refractivity contribution in [3.05, 3.63) is 59.7 Å². The number of benzene rings is 2. The van der Waals surface area contributed by atoms with Crippen molar-refractivity contribution in [1.29, 1.82) is 0 Å². The Morgan fingerprint density at radius 2 is 1.68 bits per heavy atom. The minimum Gasteiger partial charge on any atom is -0.367 e. The first-order chi connectivity index (χ1) is 13.4. The quantitative estimate of drug-likeness (QED) is 0.800. The molecule has 148 valence electrons. The predicted molar refractivity (Wildman–Crippen MR) is 105 cm³/mol. The molecule has 1 atom stereocenters. The number of para-hydroxylation sites is 1. The molecule has 1 fully saturated rings. The number of nitrogens with zero attached hydrogens (tertiary/aromatic N) is 2. The average molecular weight is 387 g/mol. The summed E-state index contributed by atoms with van der Waals surface area (Å²) in [5.41, 5.74) is 0.956. The van der Waals surface area contributed by atoms with Gasteiger partial charge in [0.05, 0.1) is 17.4 Å². The molecule has 3 rings (SSSR count). The summed E-state index contributed by atoms with van der Waals surface area (Å²) in [5, 5.41) is 2.61. The van der Waals surface area contributed by atoms with Crippen molar-refractivity contribution < 1.29 is 18.4 Å². The van der Waals surface area contributed by atoms with Crippen LogP contribution in [0.3, 0.4) is 0 Å². The Hall–Kier alpha value is -2.80. The molecular formula is C21H23F2N3O2. The number of carbonyl (C=O) groups excluding carboxylic acids is 2. The third-order valence-electron chi connectivity index (χ3n) is 5.07. The molecule has 0 aromatic heterocycles. The number of piperazine rings is 1. The molecule has 1 aliphatic heterocycles. The molecule has 0 bridgehead atoms. The number of hydrogen-bond acceptors (Lipinski definition) is 4. The van der Waals surface area contributed by atoms with E-state index in [4.69, 9.17) is 0 Å². The van der Waals surface area contributed by atoms with Crippen LogP contribution in [0, 0.1) is 11.6 Å². The molecule has 7 heteroatoms. The average Bonchev–Trinajstić information content (AvgIpc) is 2.69. The number of Topliss-reactive ketones (excluding diaryl/α,β-unsaturated/α-hetero) is 1. The van der Waals surface area contributed by atoms with Crippen LogP contribution in [-0.2, 0) is 4.79 Å². The standard InChI is InChI=1S/C21H23F2N3O2/c1-14(21(28)24-19-6-4-3-5-17(19)22)25-9-11-26(12-10-25)20-8-7-16(15(2)27)13-18(20)23/h3-8,13-14H,9-12H2,1-2H3,(H,24,28). The summed E-state index contributed by atoms with van der Waals surface area (Å²) in [5.74, 6) is -1.36. The molecule has 1 aliphatic rings. The first kappa shape index (κ1) is 19.9. The van der Waals surface area contributed by atoms with Crippen molar-refractivity contribution in [2.45, 2.75) is 19.9 Å². The maximum absolute atomic E-state index is 14.4. The van der Waals surface area contributed by atoms with Gasteiger partial charge in [-0.05, 0) is 44.2 Å². The molecule has 0 saturated carbocycles. The van der Waals surface area contributed by atoms with Gasteiger partial charge >= 0.3 is 0 Å². The summed E-state index contributed by atoms with van der Waals surface area (Å²) in [7, 11) is 0. The number of ketones is 1. The van der Waals surface area contributed by atoms with Crippen molar-refractivity contribution >= 4 is 23.1 Å². The van der Waals surface area contributed by atoms with Crippen LogP contribution < -0.4 is 10.2 Å². The summed E-state index contributed by atoms with van der Waals surface area (Å²) in [4.78, 5) is 27.7. The lowest BCUT2D eigenvalue weighted by atomic mass is 10.1. The van der Waals surface area contributed by atoms with E-state index in [2.05, 4.69) is 5.32 Å². The molecule has 28 heavy (non-hydrogen) atoms. The summed E-state index contributed by atoms with van der Waals surface area (Å²) in [6.07, 6.45) is 0. The number of nitrogens with one attached hydrogen (secondary N) is 1. The summed E-state index contributed by atoms with van der Waals surface area (Å²) >= 11 is 0. The number of halogens is 2. The molecule has 0 spiro atoms. The monoisotopic (exact) mass is 387 g/mol. The van der Waals surface area contributed by atoms with E-state index in [9.17, 15) is 18.4 Å². The number of anilines is 2. The van der Waals surface area contributed by atoms with Crippen molar-refractivity contribution in [2.75, 3.05) is 36.4 Å². The zero-order valence-electron chi connectivity index (χ0n) is 15.9. The van der Waals surface area contributed by atoms with Crippen LogP contribution in [0.4, 0.5) is 20.2 Å². The lowest BCUT2D eigenvalue weighted by Crippen LogP contribution is -2.53.